The average molecular weight is 854 g/mol. The lowest BCUT2D eigenvalue weighted by Gasteiger charge is -2.40. The molecule has 2 nitrogen and oxygen atoms in total. The molecule has 0 aliphatic rings. The monoisotopic (exact) mass is 854 g/mol. The maximum atomic E-state index is 13.1. The van der Waals surface area contributed by atoms with Crippen LogP contribution in [0.15, 0.2) is 115 Å². The minimum Gasteiger partial charge on any atom is -0.336 e. The second-order valence-corrected chi connectivity index (χ2v) is 14.5. The molecule has 4 aromatic carbocycles. The normalized spacial score (nSPS) is 14.3. The van der Waals surface area contributed by atoms with Crippen molar-refractivity contribution in [1.29, 1.82) is 0 Å². The van der Waals surface area contributed by atoms with E-state index in [4.69, 9.17) is 4.89 Å². The maximum Gasteiger partial charge on any atom is 0.460 e. The number of hydrogen-bond donors (Lipinski definition) is 1. The molecule has 0 aliphatic carbocycles. The van der Waals surface area contributed by atoms with E-state index in [9.17, 15) is 83.6 Å². The fourth-order valence-corrected chi connectivity index (χ4v) is 6.90. The molecule has 0 aromatic heterocycles. The van der Waals surface area contributed by atoms with Crippen molar-refractivity contribution in [1.82, 2.24) is 0 Å². The van der Waals surface area contributed by atoms with Crippen LogP contribution in [-0.2, 0) is 9.72 Å². The minimum absolute atomic E-state index is 0.311. The Balaban J connectivity index is 0.000000296. The fourth-order valence-electron chi connectivity index (χ4n) is 4.87. The van der Waals surface area contributed by atoms with Crippen molar-refractivity contribution >= 4 is 16.6 Å². The summed E-state index contributed by atoms with van der Waals surface area (Å²) in [6.07, 6.45) is -15.7. The van der Waals surface area contributed by atoms with Crippen LogP contribution >= 0.6 is 16.6 Å². The van der Waals surface area contributed by atoms with Crippen LogP contribution in [0.2, 0.25) is 0 Å². The Kier molecular flexibility index (Phi) is 12.4. The van der Waals surface area contributed by atoms with E-state index < -0.39 is 54.7 Å². The van der Waals surface area contributed by atoms with Gasteiger partial charge in [0, 0.05) is 0 Å². The highest BCUT2D eigenvalue weighted by molar-refractivity contribution is 7.60. The van der Waals surface area contributed by atoms with Gasteiger partial charge in [0.05, 0.1) is 5.16 Å². The molecule has 302 valence electrons. The van der Waals surface area contributed by atoms with Gasteiger partial charge >= 0.3 is 54.7 Å². The molecule has 1 unspecified atom stereocenters. The molecule has 0 fully saturated rings. The number of alkyl halides is 18. The molecular formula is C33H22F18O2P2. The standard InChI is InChI=1S/C25H21P.C8HF18O2P/c26-25(21-14-6-2-7-15-21,22-16-8-3-9-17-22)24-19-11-10-18-23(24)20-12-4-1-5-13-20;9-1(10,5(17,18)19)3(13,14)7(23,24)29(27,28)8(25,26)4(15,16)2(11,12)6(20,21)22/h1-19H,26H2;(H,27,28). The predicted molar refractivity (Wildman–Crippen MR) is 166 cm³/mol. The van der Waals surface area contributed by atoms with Gasteiger partial charge in [-0.2, -0.15) is 79.0 Å². The predicted octanol–water partition coefficient (Wildman–Crippen LogP) is 12.6. The highest BCUT2D eigenvalue weighted by atomic mass is 31.2. The lowest BCUT2D eigenvalue weighted by atomic mass is 9.80. The Hall–Kier alpha value is -3.76. The van der Waals surface area contributed by atoms with Gasteiger partial charge in [-0.1, -0.05) is 115 Å². The van der Waals surface area contributed by atoms with Gasteiger partial charge in [0.15, 0.2) is 0 Å². The van der Waals surface area contributed by atoms with Crippen molar-refractivity contribution in [3.63, 3.8) is 0 Å². The number of rotatable bonds is 10. The lowest BCUT2D eigenvalue weighted by Crippen LogP contribution is -2.65. The molecule has 22 heteroatoms. The molecule has 0 saturated heterocycles. The van der Waals surface area contributed by atoms with Crippen molar-refractivity contribution in [3.05, 3.63) is 132 Å². The van der Waals surface area contributed by atoms with Crippen LogP contribution in [0.3, 0.4) is 0 Å². The van der Waals surface area contributed by atoms with E-state index in [1.807, 2.05) is 0 Å². The average Bonchev–Trinajstić information content (AvgIpc) is 3.11. The van der Waals surface area contributed by atoms with Gasteiger partial charge in [-0.25, -0.2) is 0 Å². The van der Waals surface area contributed by atoms with E-state index in [0.717, 1.165) is 0 Å². The van der Waals surface area contributed by atoms with Crippen LogP contribution < -0.4 is 0 Å². The molecule has 0 spiro atoms. The Morgan fingerprint density at radius 3 is 1.04 bits per heavy atom. The second-order valence-electron chi connectivity index (χ2n) is 11.4. The van der Waals surface area contributed by atoms with Crippen LogP contribution in [-0.4, -0.2) is 52.3 Å². The lowest BCUT2D eigenvalue weighted by molar-refractivity contribution is -0.392. The Morgan fingerprint density at radius 1 is 0.418 bits per heavy atom. The molecule has 4 rings (SSSR count). The van der Waals surface area contributed by atoms with Crippen LogP contribution in [0.5, 0.6) is 0 Å². The first-order valence-corrected chi connectivity index (χ1v) is 16.8. The number of benzene rings is 4. The zero-order valence-electron chi connectivity index (χ0n) is 26.7. The van der Waals surface area contributed by atoms with Gasteiger partial charge in [-0.3, -0.25) is 4.57 Å². The quantitative estimate of drug-likeness (QED) is 0.0980. The van der Waals surface area contributed by atoms with Crippen LogP contribution in [0.1, 0.15) is 16.7 Å². The third kappa shape index (κ3) is 7.45. The second kappa shape index (κ2) is 15.0. The van der Waals surface area contributed by atoms with Crippen molar-refractivity contribution < 1.29 is 88.5 Å². The van der Waals surface area contributed by atoms with Crippen LogP contribution in [0.4, 0.5) is 79.0 Å². The highest BCUT2D eigenvalue weighted by Gasteiger charge is 2.94. The van der Waals surface area contributed by atoms with Crippen molar-refractivity contribution in [2.24, 2.45) is 0 Å². The third-order valence-electron chi connectivity index (χ3n) is 7.91. The summed E-state index contributed by atoms with van der Waals surface area (Å²) in [6.45, 7) is 0. The van der Waals surface area contributed by atoms with E-state index >= 15 is 0 Å². The van der Waals surface area contributed by atoms with Gasteiger partial charge in [0.2, 0.25) is 0 Å². The molecule has 1 N–H and O–H groups in total. The fraction of sp³-hybridized carbons (Fsp3) is 0.273. The van der Waals surface area contributed by atoms with E-state index in [1.165, 1.54) is 27.8 Å². The Bertz CT molecular complexity index is 1860. The zero-order chi connectivity index (χ0) is 42.3. The smallest absolute Gasteiger partial charge is 0.336 e. The molecule has 0 bridgehead atoms. The summed E-state index contributed by atoms with van der Waals surface area (Å²) in [7, 11) is -6.66. The zero-order valence-corrected chi connectivity index (χ0v) is 28.7. The largest absolute Gasteiger partial charge is 0.460 e. The van der Waals surface area contributed by atoms with E-state index in [2.05, 4.69) is 125 Å². The molecule has 55 heavy (non-hydrogen) atoms. The molecule has 0 heterocycles. The first-order valence-electron chi connectivity index (χ1n) is 14.6. The Labute approximate surface area is 300 Å². The van der Waals surface area contributed by atoms with Gasteiger partial charge in [-0.05, 0) is 27.8 Å². The maximum absolute atomic E-state index is 13.1. The summed E-state index contributed by atoms with van der Waals surface area (Å²) in [5, 5.41) is -0.311. The summed E-state index contributed by atoms with van der Waals surface area (Å²) in [6, 6.07) is 40.8. The summed E-state index contributed by atoms with van der Waals surface area (Å²) in [4.78, 5) is 8.19. The van der Waals surface area contributed by atoms with Gasteiger partial charge in [0.25, 0.3) is 0 Å². The van der Waals surface area contributed by atoms with Crippen LogP contribution in [0, 0.1) is 0 Å². The van der Waals surface area contributed by atoms with Crippen molar-refractivity contribution in [2.75, 3.05) is 0 Å². The number of halogens is 18. The topological polar surface area (TPSA) is 37.3 Å². The molecule has 1 atom stereocenters. The van der Waals surface area contributed by atoms with Gasteiger partial charge < -0.3 is 4.89 Å². The summed E-state index contributed by atoms with van der Waals surface area (Å²) in [5.41, 5.74) is -10.7. The SMILES string of the molecule is O=P(O)(C(F)(F)C(F)(F)C(F)(F)C(F)(F)F)C(F)(F)C(F)(F)C(F)(F)C(F)(F)F.PC(c1ccccc1)(c1ccccc1)c1ccccc1-c1ccccc1. The molecular weight excluding hydrogens is 832 g/mol. The van der Waals surface area contributed by atoms with Crippen molar-refractivity contribution in [3.8, 4) is 11.1 Å². The van der Waals surface area contributed by atoms with Crippen molar-refractivity contribution in [2.45, 2.75) is 52.5 Å². The van der Waals surface area contributed by atoms with Crippen LogP contribution in [0.25, 0.3) is 11.1 Å². The Morgan fingerprint density at radius 2 is 0.709 bits per heavy atom. The molecule has 0 aliphatic heterocycles. The molecule has 0 saturated carbocycles. The summed E-state index contributed by atoms with van der Waals surface area (Å²) < 4.78 is 236. The molecule has 0 radical (unpaired) electrons. The molecule has 0 amide bonds. The molecule has 4 aromatic rings. The first-order chi connectivity index (χ1) is 24.8. The van der Waals surface area contributed by atoms with Gasteiger partial charge in [-0.15, -0.1) is 9.24 Å². The van der Waals surface area contributed by atoms with E-state index in [1.54, 1.807) is 0 Å². The summed E-state index contributed by atoms with van der Waals surface area (Å²) >= 11 is 0. The minimum atomic E-state index is -9.80. The third-order valence-corrected chi connectivity index (χ3v) is 11.0. The number of hydrogen-bond acceptors (Lipinski definition) is 1. The van der Waals surface area contributed by atoms with E-state index in [0.29, 0.717) is 0 Å². The first kappa shape index (κ1) is 45.6. The summed E-state index contributed by atoms with van der Waals surface area (Å²) in [5.74, 6) is -33.5. The van der Waals surface area contributed by atoms with E-state index in [-0.39, 0.29) is 5.16 Å². The highest BCUT2D eigenvalue weighted by Crippen LogP contribution is 2.78. The van der Waals surface area contributed by atoms with Gasteiger partial charge in [0.1, 0.15) is 0 Å².